The predicted octanol–water partition coefficient (Wildman–Crippen LogP) is 7.15. The maximum absolute atomic E-state index is 12.5. The molecule has 0 heterocycles. The van der Waals surface area contributed by atoms with E-state index in [2.05, 4.69) is 19.9 Å². The summed E-state index contributed by atoms with van der Waals surface area (Å²) in [6, 6.07) is 0. The van der Waals surface area contributed by atoms with E-state index < -0.39 is 32.5 Å². The highest BCUT2D eigenvalue weighted by Gasteiger charge is 2.21. The first-order valence-corrected chi connectivity index (χ1v) is 17.5. The molecule has 0 aliphatic rings. The molecule has 0 bridgehead atoms. The quantitative estimate of drug-likeness (QED) is 0.0306. The molecule has 0 aromatic carbocycles. The molecular formula is C34H58NO8P. The zero-order valence-corrected chi connectivity index (χ0v) is 28.7. The number of ether oxygens (including phenoxy) is 2. The number of quaternary nitrogens is 1. The summed E-state index contributed by atoms with van der Waals surface area (Å²) in [5.74, 6) is -0.939. The fraction of sp³-hybridized carbons (Fsp3) is 0.647. The summed E-state index contributed by atoms with van der Waals surface area (Å²) < 4.78 is 33.4. The maximum atomic E-state index is 12.5. The third-order valence-corrected chi connectivity index (χ3v) is 7.14. The van der Waals surface area contributed by atoms with Gasteiger partial charge in [-0.05, 0) is 25.7 Å². The lowest BCUT2D eigenvalue weighted by molar-refractivity contribution is -0.870. The molecule has 252 valence electrons. The third-order valence-electron chi connectivity index (χ3n) is 6.18. The van der Waals surface area contributed by atoms with Crippen molar-refractivity contribution in [2.45, 2.75) is 97.0 Å². The SMILES string of the molecule is CC/C=C/C=C/C=C/C=C/C=C/CCCC(=O)OC(COC(=O)CCCCCCCCC)COP(=O)([O-])OCC[N+](C)(C)C. The summed E-state index contributed by atoms with van der Waals surface area (Å²) in [6.45, 7) is 3.88. The fourth-order valence-electron chi connectivity index (χ4n) is 3.62. The molecule has 10 heteroatoms. The second-order valence-electron chi connectivity index (χ2n) is 11.6. The van der Waals surface area contributed by atoms with Crippen LogP contribution >= 0.6 is 7.82 Å². The summed E-state index contributed by atoms with van der Waals surface area (Å²) in [5, 5.41) is 0. The molecule has 0 saturated carbocycles. The molecule has 0 aromatic heterocycles. The van der Waals surface area contributed by atoms with Crippen LogP contribution in [0, 0.1) is 0 Å². The smallest absolute Gasteiger partial charge is 0.306 e. The van der Waals surface area contributed by atoms with Crippen molar-refractivity contribution in [2.24, 2.45) is 0 Å². The van der Waals surface area contributed by atoms with Gasteiger partial charge in [-0.15, -0.1) is 0 Å². The predicted molar refractivity (Wildman–Crippen MR) is 176 cm³/mol. The molecule has 0 aliphatic carbocycles. The van der Waals surface area contributed by atoms with Gasteiger partial charge in [0, 0.05) is 12.8 Å². The van der Waals surface area contributed by atoms with Gasteiger partial charge in [0.15, 0.2) is 6.10 Å². The summed E-state index contributed by atoms with van der Waals surface area (Å²) in [5.41, 5.74) is 0. The van der Waals surface area contributed by atoms with Gasteiger partial charge in [-0.25, -0.2) is 0 Å². The highest BCUT2D eigenvalue weighted by molar-refractivity contribution is 7.45. The Morgan fingerprint density at radius 3 is 1.91 bits per heavy atom. The zero-order valence-electron chi connectivity index (χ0n) is 27.8. The first kappa shape index (κ1) is 41.7. The van der Waals surface area contributed by atoms with Crippen LogP contribution in [0.1, 0.15) is 90.9 Å². The Kier molecular flexibility index (Phi) is 25.6. The van der Waals surface area contributed by atoms with Crippen molar-refractivity contribution in [1.29, 1.82) is 0 Å². The van der Waals surface area contributed by atoms with Gasteiger partial charge in [-0.2, -0.15) is 0 Å². The second-order valence-corrected chi connectivity index (χ2v) is 13.0. The largest absolute Gasteiger partial charge is 0.756 e. The summed E-state index contributed by atoms with van der Waals surface area (Å²) in [6.07, 6.45) is 28.6. The molecular weight excluding hydrogens is 581 g/mol. The van der Waals surface area contributed by atoms with Crippen LogP contribution in [0.2, 0.25) is 0 Å². The van der Waals surface area contributed by atoms with Crippen LogP contribution in [0.3, 0.4) is 0 Å². The minimum atomic E-state index is -4.63. The van der Waals surface area contributed by atoms with Crippen LogP contribution in [0.25, 0.3) is 0 Å². The number of likely N-dealkylation sites (N-methyl/N-ethyl adjacent to an activating group) is 1. The number of phosphoric ester groups is 1. The molecule has 0 fully saturated rings. The lowest BCUT2D eigenvalue weighted by Crippen LogP contribution is -2.37. The first-order valence-electron chi connectivity index (χ1n) is 16.1. The molecule has 0 spiro atoms. The molecule has 2 atom stereocenters. The lowest BCUT2D eigenvalue weighted by atomic mass is 10.1. The van der Waals surface area contributed by atoms with E-state index in [-0.39, 0.29) is 26.1 Å². The number of carbonyl (C=O) groups is 2. The maximum Gasteiger partial charge on any atom is 0.306 e. The van der Waals surface area contributed by atoms with E-state index in [9.17, 15) is 19.0 Å². The van der Waals surface area contributed by atoms with E-state index in [1.165, 1.54) is 19.3 Å². The number of esters is 2. The van der Waals surface area contributed by atoms with Crippen LogP contribution in [-0.4, -0.2) is 70.0 Å². The molecule has 0 saturated heterocycles. The van der Waals surface area contributed by atoms with E-state index in [0.29, 0.717) is 30.3 Å². The van der Waals surface area contributed by atoms with Crippen molar-refractivity contribution in [2.75, 3.05) is 47.5 Å². The zero-order chi connectivity index (χ0) is 32.9. The number of nitrogens with zero attached hydrogens (tertiary/aromatic N) is 1. The Hall–Kier alpha value is -2.29. The van der Waals surface area contributed by atoms with Crippen molar-refractivity contribution in [3.63, 3.8) is 0 Å². The van der Waals surface area contributed by atoms with Gasteiger partial charge in [0.05, 0.1) is 27.7 Å². The van der Waals surface area contributed by atoms with E-state index in [1.807, 2.05) is 75.8 Å². The van der Waals surface area contributed by atoms with Crippen molar-refractivity contribution in [3.05, 3.63) is 60.8 Å². The minimum absolute atomic E-state index is 0.0468. The van der Waals surface area contributed by atoms with Gasteiger partial charge in [0.2, 0.25) is 0 Å². The van der Waals surface area contributed by atoms with Crippen LogP contribution in [0.4, 0.5) is 0 Å². The lowest BCUT2D eigenvalue weighted by Gasteiger charge is -2.28. The van der Waals surface area contributed by atoms with Crippen LogP contribution in [-0.2, 0) is 32.7 Å². The average Bonchev–Trinajstić information content (AvgIpc) is 2.95. The number of hydrogen-bond donors (Lipinski definition) is 0. The number of hydrogen-bond acceptors (Lipinski definition) is 8. The number of rotatable bonds is 27. The number of carbonyl (C=O) groups excluding carboxylic acids is 2. The normalized spacial score (nSPS) is 14.8. The van der Waals surface area contributed by atoms with Gasteiger partial charge < -0.3 is 27.9 Å². The van der Waals surface area contributed by atoms with Crippen LogP contribution in [0.15, 0.2) is 60.8 Å². The van der Waals surface area contributed by atoms with E-state index in [4.69, 9.17) is 18.5 Å². The Morgan fingerprint density at radius 2 is 1.30 bits per heavy atom. The molecule has 44 heavy (non-hydrogen) atoms. The number of unbranched alkanes of at least 4 members (excludes halogenated alkanes) is 7. The Morgan fingerprint density at radius 1 is 0.727 bits per heavy atom. The van der Waals surface area contributed by atoms with E-state index >= 15 is 0 Å². The van der Waals surface area contributed by atoms with Gasteiger partial charge in [0.1, 0.15) is 19.8 Å². The Balaban J connectivity index is 4.70. The van der Waals surface area contributed by atoms with Crippen LogP contribution < -0.4 is 4.89 Å². The van der Waals surface area contributed by atoms with Crippen molar-refractivity contribution in [1.82, 2.24) is 0 Å². The van der Waals surface area contributed by atoms with E-state index in [0.717, 1.165) is 25.7 Å². The fourth-order valence-corrected chi connectivity index (χ4v) is 4.35. The van der Waals surface area contributed by atoms with Crippen molar-refractivity contribution >= 4 is 19.8 Å². The molecule has 0 rings (SSSR count). The minimum Gasteiger partial charge on any atom is -0.756 e. The highest BCUT2D eigenvalue weighted by atomic mass is 31.2. The first-order chi connectivity index (χ1) is 21.0. The molecule has 0 aliphatic heterocycles. The molecule has 9 nitrogen and oxygen atoms in total. The third kappa shape index (κ3) is 29.8. The molecule has 0 aromatic rings. The summed E-state index contributed by atoms with van der Waals surface area (Å²) in [7, 11) is 1.10. The summed E-state index contributed by atoms with van der Waals surface area (Å²) >= 11 is 0. The number of phosphoric acid groups is 1. The monoisotopic (exact) mass is 639 g/mol. The van der Waals surface area contributed by atoms with Gasteiger partial charge in [-0.3, -0.25) is 14.2 Å². The standard InChI is InChI=1S/C34H58NO8P/c1-6-8-10-12-14-15-16-17-18-19-21-23-25-27-34(37)43-32(31-42-44(38,39)41-29-28-35(3,4)5)30-40-33(36)26-24-22-20-13-11-9-7-2/h8,10,12,14-19,21,32H,6-7,9,11,13,20,22-31H2,1-5H3/b10-8+,14-12+,16-15+,18-17+,21-19+. The van der Waals surface area contributed by atoms with Crippen molar-refractivity contribution in [3.8, 4) is 0 Å². The Labute approximate surface area is 266 Å². The topological polar surface area (TPSA) is 111 Å². The van der Waals surface area contributed by atoms with Gasteiger partial charge in [-0.1, -0.05) is 113 Å². The second kappa shape index (κ2) is 27.1. The summed E-state index contributed by atoms with van der Waals surface area (Å²) in [4.78, 5) is 36.9. The number of allylic oxidation sites excluding steroid dienone is 10. The molecule has 0 amide bonds. The van der Waals surface area contributed by atoms with E-state index in [1.54, 1.807) is 0 Å². The highest BCUT2D eigenvalue weighted by Crippen LogP contribution is 2.38. The molecule has 0 N–H and O–H groups in total. The molecule has 0 radical (unpaired) electrons. The average molecular weight is 640 g/mol. The van der Waals surface area contributed by atoms with Gasteiger partial charge in [0.25, 0.3) is 7.82 Å². The van der Waals surface area contributed by atoms with Gasteiger partial charge >= 0.3 is 11.9 Å². The van der Waals surface area contributed by atoms with Crippen molar-refractivity contribution < 1.29 is 42.1 Å². The molecule has 2 unspecified atom stereocenters. The van der Waals surface area contributed by atoms with Crippen LogP contribution in [0.5, 0.6) is 0 Å². The Bertz CT molecular complexity index is 949.